The summed E-state index contributed by atoms with van der Waals surface area (Å²) in [6.07, 6.45) is 10.8. The first-order chi connectivity index (χ1) is 12.1. The van der Waals surface area contributed by atoms with E-state index in [-0.39, 0.29) is 11.3 Å². The fourth-order valence-electron chi connectivity index (χ4n) is 4.96. The van der Waals surface area contributed by atoms with Crippen LogP contribution in [-0.2, 0) is 7.05 Å². The molecule has 3 heterocycles. The number of allylic oxidation sites excluding steroid dienone is 2. The smallest absolute Gasteiger partial charge is 0.142 e. The van der Waals surface area contributed by atoms with Crippen molar-refractivity contribution in [1.29, 1.82) is 0 Å². The van der Waals surface area contributed by atoms with Gasteiger partial charge in [-0.15, -0.1) is 0 Å². The Kier molecular flexibility index (Phi) is 3.99. The summed E-state index contributed by atoms with van der Waals surface area (Å²) in [4.78, 5) is 4.77. The molecule has 2 aliphatic rings. The van der Waals surface area contributed by atoms with Crippen LogP contribution in [0.1, 0.15) is 63.1 Å². The van der Waals surface area contributed by atoms with Crippen LogP contribution in [0.4, 0.5) is 5.82 Å². The van der Waals surface area contributed by atoms with Gasteiger partial charge in [0.25, 0.3) is 0 Å². The molecule has 0 spiro atoms. The Bertz CT molecular complexity index is 878. The van der Waals surface area contributed by atoms with Gasteiger partial charge in [-0.05, 0) is 46.4 Å². The highest BCUT2D eigenvalue weighted by Gasteiger charge is 2.35. The van der Waals surface area contributed by atoms with Gasteiger partial charge in [0.1, 0.15) is 5.82 Å². The van der Waals surface area contributed by atoms with Gasteiger partial charge in [-0.25, -0.2) is 4.98 Å². The topological polar surface area (TPSA) is 34.0 Å². The van der Waals surface area contributed by atoms with E-state index in [1.807, 2.05) is 28.4 Å². The number of rotatable bonds is 2. The third-order valence-corrected chi connectivity index (χ3v) is 5.89. The Balaban J connectivity index is 1.76. The first kappa shape index (κ1) is 17.7. The third kappa shape index (κ3) is 3.18. The van der Waals surface area contributed by atoms with E-state index in [2.05, 4.69) is 63.9 Å². The van der Waals surface area contributed by atoms with Crippen molar-refractivity contribution in [3.05, 3.63) is 47.4 Å². The van der Waals surface area contributed by atoms with E-state index in [9.17, 15) is 0 Å². The van der Waals surface area contributed by atoms with E-state index in [0.29, 0.717) is 5.41 Å². The maximum atomic E-state index is 4.77. The Morgan fingerprint density at radius 1 is 1.19 bits per heavy atom. The Morgan fingerprint density at radius 2 is 1.96 bits per heavy atom. The molecule has 4 rings (SSSR count). The second-order valence-corrected chi connectivity index (χ2v) is 9.88. The molecule has 0 bridgehead atoms. The van der Waals surface area contributed by atoms with Crippen LogP contribution in [0.3, 0.4) is 0 Å². The van der Waals surface area contributed by atoms with Crippen molar-refractivity contribution >= 4 is 24.2 Å². The third-order valence-electron chi connectivity index (χ3n) is 5.54. The molecule has 0 saturated carbocycles. The number of aromatic nitrogens is 3. The van der Waals surface area contributed by atoms with Gasteiger partial charge < -0.3 is 4.31 Å². The molecule has 0 aromatic carbocycles. The number of fused-ring (bicyclic) bond motifs is 1. The van der Waals surface area contributed by atoms with Crippen molar-refractivity contribution in [1.82, 2.24) is 14.8 Å². The second-order valence-electron chi connectivity index (χ2n) is 9.39. The predicted octanol–water partition coefficient (Wildman–Crippen LogP) is 4.84. The molecular formula is C21H28N4S. The van der Waals surface area contributed by atoms with Crippen LogP contribution >= 0.6 is 12.8 Å². The zero-order valence-corrected chi connectivity index (χ0v) is 17.2. The lowest BCUT2D eigenvalue weighted by Crippen LogP contribution is -2.26. The maximum Gasteiger partial charge on any atom is 0.142 e. The van der Waals surface area contributed by atoms with Gasteiger partial charge >= 0.3 is 0 Å². The first-order valence-corrected chi connectivity index (χ1v) is 9.71. The van der Waals surface area contributed by atoms with Gasteiger partial charge in [-0.1, -0.05) is 46.6 Å². The molecule has 2 aromatic heterocycles. The number of anilines is 1. The number of thiol groups is 1. The van der Waals surface area contributed by atoms with Crippen LogP contribution in [-0.4, -0.2) is 21.3 Å². The molecule has 0 amide bonds. The van der Waals surface area contributed by atoms with Crippen molar-refractivity contribution in [2.24, 2.45) is 17.9 Å². The quantitative estimate of drug-likeness (QED) is 0.770. The van der Waals surface area contributed by atoms with E-state index in [4.69, 9.17) is 4.98 Å². The van der Waals surface area contributed by atoms with Crippen molar-refractivity contribution in [3.63, 3.8) is 0 Å². The highest BCUT2D eigenvalue weighted by molar-refractivity contribution is 7.81. The van der Waals surface area contributed by atoms with E-state index in [0.717, 1.165) is 18.8 Å². The molecule has 0 N–H and O–H groups in total. The van der Waals surface area contributed by atoms with Crippen LogP contribution in [0, 0.1) is 10.8 Å². The largest absolute Gasteiger partial charge is 0.302 e. The van der Waals surface area contributed by atoms with Gasteiger partial charge in [0.05, 0.1) is 6.20 Å². The van der Waals surface area contributed by atoms with Crippen molar-refractivity contribution in [3.8, 4) is 0 Å². The summed E-state index contributed by atoms with van der Waals surface area (Å²) in [7, 11) is 1.96. The van der Waals surface area contributed by atoms with Crippen LogP contribution in [0.25, 0.3) is 5.57 Å². The summed E-state index contributed by atoms with van der Waals surface area (Å²) >= 11 is 4.63. The molecule has 1 aliphatic carbocycles. The van der Waals surface area contributed by atoms with Gasteiger partial charge in [0.2, 0.25) is 0 Å². The van der Waals surface area contributed by atoms with Crippen molar-refractivity contribution in [2.75, 3.05) is 10.8 Å². The van der Waals surface area contributed by atoms with Crippen LogP contribution in [0.15, 0.2) is 30.7 Å². The first-order valence-electron chi connectivity index (χ1n) is 9.31. The number of hydrogen-bond acceptors (Lipinski definition) is 4. The molecule has 2 aromatic rings. The molecule has 1 atom stereocenters. The Morgan fingerprint density at radius 3 is 2.62 bits per heavy atom. The lowest BCUT2D eigenvalue weighted by atomic mass is 9.66. The van der Waals surface area contributed by atoms with E-state index in [1.54, 1.807) is 0 Å². The molecule has 26 heavy (non-hydrogen) atoms. The minimum absolute atomic E-state index is 0.217. The normalized spacial score (nSPS) is 23.7. The van der Waals surface area contributed by atoms with Gasteiger partial charge in [0, 0.05) is 37.5 Å². The fourth-order valence-corrected chi connectivity index (χ4v) is 5.29. The highest BCUT2D eigenvalue weighted by Crippen LogP contribution is 2.48. The molecule has 1 aliphatic heterocycles. The average Bonchev–Trinajstić information content (AvgIpc) is 3.08. The molecule has 0 saturated heterocycles. The molecule has 0 radical (unpaired) electrons. The number of aryl methyl sites for hydroxylation is 1. The molecule has 1 unspecified atom stereocenters. The zero-order chi connectivity index (χ0) is 18.7. The monoisotopic (exact) mass is 368 g/mol. The van der Waals surface area contributed by atoms with Crippen LogP contribution < -0.4 is 4.31 Å². The standard InChI is InChI=1S/C21H28N4S/c1-20(2)7-15(8-21(3,4)13-20)14-6-17-18(16-10-23-24(5)11-16)12-25(26)19(17)22-9-14/h6-7,9-11,18,26H,8,12-13H2,1-5H3. The molecule has 4 nitrogen and oxygen atoms in total. The number of hydrogen-bond donors (Lipinski definition) is 1. The van der Waals surface area contributed by atoms with Crippen LogP contribution in [0.5, 0.6) is 0 Å². The van der Waals surface area contributed by atoms with E-state index in [1.165, 1.54) is 28.7 Å². The number of nitrogens with zero attached hydrogens (tertiary/aromatic N) is 4. The van der Waals surface area contributed by atoms with Crippen molar-refractivity contribution in [2.45, 2.75) is 46.5 Å². The van der Waals surface area contributed by atoms with Crippen molar-refractivity contribution < 1.29 is 0 Å². The van der Waals surface area contributed by atoms with Gasteiger partial charge in [-0.2, -0.15) is 5.10 Å². The second kappa shape index (κ2) is 5.88. The lowest BCUT2D eigenvalue weighted by molar-refractivity contribution is 0.229. The lowest BCUT2D eigenvalue weighted by Gasteiger charge is -2.39. The molecule has 0 fully saturated rings. The van der Waals surface area contributed by atoms with Crippen LogP contribution in [0.2, 0.25) is 0 Å². The average molecular weight is 369 g/mol. The predicted molar refractivity (Wildman–Crippen MR) is 110 cm³/mol. The summed E-state index contributed by atoms with van der Waals surface area (Å²) in [5.41, 5.74) is 5.68. The molecule has 138 valence electrons. The summed E-state index contributed by atoms with van der Waals surface area (Å²) in [5.74, 6) is 1.25. The zero-order valence-electron chi connectivity index (χ0n) is 16.3. The Labute approximate surface area is 161 Å². The Hall–Kier alpha value is -1.75. The van der Waals surface area contributed by atoms with Gasteiger partial charge in [-0.3, -0.25) is 4.68 Å². The SMILES string of the molecule is Cn1cc(C2CN(S)c3ncc(C4=CC(C)(C)CC(C)(C)C4)cc32)cn1. The minimum atomic E-state index is 0.217. The summed E-state index contributed by atoms with van der Waals surface area (Å²) in [6, 6.07) is 2.33. The fraction of sp³-hybridized carbons (Fsp3) is 0.524. The van der Waals surface area contributed by atoms with E-state index >= 15 is 0 Å². The van der Waals surface area contributed by atoms with Gasteiger partial charge in [0.15, 0.2) is 0 Å². The summed E-state index contributed by atoms with van der Waals surface area (Å²) < 4.78 is 3.82. The molecule has 5 heteroatoms. The summed E-state index contributed by atoms with van der Waals surface area (Å²) in [6.45, 7) is 10.2. The molecular weight excluding hydrogens is 340 g/mol. The minimum Gasteiger partial charge on any atom is -0.302 e. The number of pyridine rings is 1. The highest BCUT2D eigenvalue weighted by atomic mass is 32.1. The maximum absolute atomic E-state index is 4.77. The summed E-state index contributed by atoms with van der Waals surface area (Å²) in [5, 5.41) is 4.35. The van der Waals surface area contributed by atoms with E-state index < -0.39 is 0 Å².